The van der Waals surface area contributed by atoms with Crippen LogP contribution in [0.5, 0.6) is 5.75 Å². The molecule has 0 aromatic heterocycles. The Balaban J connectivity index is 1.63. The Morgan fingerprint density at radius 2 is 2.05 bits per heavy atom. The van der Waals surface area contributed by atoms with Gasteiger partial charge in [-0.15, -0.1) is 0 Å². The maximum atomic E-state index is 6.16. The van der Waals surface area contributed by atoms with Crippen molar-refractivity contribution in [3.05, 3.63) is 29.8 Å². The fourth-order valence-electron chi connectivity index (χ4n) is 3.49. The van der Waals surface area contributed by atoms with Gasteiger partial charge in [-0.3, -0.25) is 0 Å². The van der Waals surface area contributed by atoms with E-state index in [2.05, 4.69) is 50.4 Å². The first-order valence-electron chi connectivity index (χ1n) is 8.05. The Hall–Kier alpha value is -1.02. The smallest absolute Gasteiger partial charge is 0.123 e. The zero-order valence-corrected chi connectivity index (χ0v) is 13.0. The van der Waals surface area contributed by atoms with Crippen molar-refractivity contribution in [3.8, 4) is 5.75 Å². The number of hydrogen-bond acceptors (Lipinski definition) is 2. The summed E-state index contributed by atoms with van der Waals surface area (Å²) in [5.41, 5.74) is 1.77. The zero-order chi connectivity index (χ0) is 14.2. The van der Waals surface area contributed by atoms with Gasteiger partial charge in [0.2, 0.25) is 0 Å². The summed E-state index contributed by atoms with van der Waals surface area (Å²) in [6.45, 7) is 8.03. The normalized spacial score (nSPS) is 24.3. The molecule has 20 heavy (non-hydrogen) atoms. The molecule has 0 saturated heterocycles. The molecule has 3 rings (SSSR count). The molecule has 1 aliphatic carbocycles. The minimum Gasteiger partial charge on any atom is -0.490 e. The SMILES string of the molecule is CC(C)NCC(C)(CC1Cc2ccccc2O1)C1CC1. The summed E-state index contributed by atoms with van der Waals surface area (Å²) in [6.07, 6.45) is 5.42. The lowest BCUT2D eigenvalue weighted by Crippen LogP contribution is -2.40. The minimum atomic E-state index is 0.368. The molecule has 1 aliphatic heterocycles. The van der Waals surface area contributed by atoms with Crippen molar-refractivity contribution in [2.45, 2.75) is 58.6 Å². The van der Waals surface area contributed by atoms with Crippen LogP contribution in [0.15, 0.2) is 24.3 Å². The second kappa shape index (κ2) is 5.40. The molecule has 1 aromatic rings. The Kier molecular flexibility index (Phi) is 3.76. The van der Waals surface area contributed by atoms with E-state index in [0.717, 1.165) is 24.6 Å². The van der Waals surface area contributed by atoms with E-state index in [4.69, 9.17) is 4.74 Å². The van der Waals surface area contributed by atoms with Gasteiger partial charge in [0.05, 0.1) is 0 Å². The highest BCUT2D eigenvalue weighted by molar-refractivity contribution is 5.37. The molecule has 0 radical (unpaired) electrons. The standard InChI is InChI=1S/C18H27NO/c1-13(2)19-12-18(3,15-8-9-15)11-16-10-14-6-4-5-7-17(14)20-16/h4-7,13,15-16,19H,8-12H2,1-3H3. The largest absolute Gasteiger partial charge is 0.490 e. The van der Waals surface area contributed by atoms with Crippen molar-refractivity contribution in [2.24, 2.45) is 11.3 Å². The van der Waals surface area contributed by atoms with Gasteiger partial charge in [0, 0.05) is 19.0 Å². The van der Waals surface area contributed by atoms with Crippen molar-refractivity contribution in [1.82, 2.24) is 5.32 Å². The molecular formula is C18H27NO. The molecule has 1 fully saturated rings. The predicted octanol–water partition coefficient (Wildman–Crippen LogP) is 3.79. The molecule has 2 unspecified atom stereocenters. The van der Waals surface area contributed by atoms with E-state index >= 15 is 0 Å². The number of para-hydroxylation sites is 1. The Morgan fingerprint density at radius 3 is 2.70 bits per heavy atom. The van der Waals surface area contributed by atoms with Gasteiger partial charge in [-0.1, -0.05) is 39.0 Å². The fourth-order valence-corrected chi connectivity index (χ4v) is 3.49. The monoisotopic (exact) mass is 273 g/mol. The molecule has 2 atom stereocenters. The number of rotatable bonds is 6. The van der Waals surface area contributed by atoms with Crippen LogP contribution in [0.3, 0.4) is 0 Å². The quantitative estimate of drug-likeness (QED) is 0.851. The number of nitrogens with one attached hydrogen (secondary N) is 1. The summed E-state index contributed by atoms with van der Waals surface area (Å²) < 4.78 is 6.16. The van der Waals surface area contributed by atoms with E-state index in [0.29, 0.717) is 17.6 Å². The van der Waals surface area contributed by atoms with Crippen molar-refractivity contribution in [2.75, 3.05) is 6.54 Å². The first kappa shape index (κ1) is 13.9. The highest BCUT2D eigenvalue weighted by atomic mass is 16.5. The second-order valence-corrected chi connectivity index (χ2v) is 7.22. The number of hydrogen-bond donors (Lipinski definition) is 1. The van der Waals surface area contributed by atoms with Gasteiger partial charge in [-0.05, 0) is 42.2 Å². The van der Waals surface area contributed by atoms with Crippen molar-refractivity contribution in [3.63, 3.8) is 0 Å². The molecular weight excluding hydrogens is 246 g/mol. The first-order valence-corrected chi connectivity index (χ1v) is 8.05. The van der Waals surface area contributed by atoms with Gasteiger partial charge in [0.15, 0.2) is 0 Å². The number of fused-ring (bicyclic) bond motifs is 1. The van der Waals surface area contributed by atoms with Crippen molar-refractivity contribution >= 4 is 0 Å². The molecule has 1 heterocycles. The lowest BCUT2D eigenvalue weighted by atomic mass is 9.78. The minimum absolute atomic E-state index is 0.368. The zero-order valence-electron chi connectivity index (χ0n) is 13.0. The Bertz CT molecular complexity index is 441. The third kappa shape index (κ3) is 3.01. The Labute approximate surface area is 122 Å². The summed E-state index contributed by atoms with van der Waals surface area (Å²) in [5.74, 6) is 1.99. The molecule has 1 aromatic carbocycles. The van der Waals surface area contributed by atoms with Crippen LogP contribution in [0.25, 0.3) is 0 Å². The summed E-state index contributed by atoms with van der Waals surface area (Å²) in [6, 6.07) is 9.06. The predicted molar refractivity (Wildman–Crippen MR) is 83.1 cm³/mol. The van der Waals surface area contributed by atoms with Crippen LogP contribution in [0, 0.1) is 11.3 Å². The third-order valence-corrected chi connectivity index (χ3v) is 4.88. The maximum absolute atomic E-state index is 6.16. The average Bonchev–Trinajstić information content (AvgIpc) is 3.18. The topological polar surface area (TPSA) is 21.3 Å². The molecule has 2 heteroatoms. The lowest BCUT2D eigenvalue weighted by Gasteiger charge is -2.33. The summed E-state index contributed by atoms with van der Waals surface area (Å²) in [5, 5.41) is 3.65. The maximum Gasteiger partial charge on any atom is 0.123 e. The van der Waals surface area contributed by atoms with Crippen LogP contribution >= 0.6 is 0 Å². The molecule has 0 spiro atoms. The second-order valence-electron chi connectivity index (χ2n) is 7.22. The number of ether oxygens (including phenoxy) is 1. The van der Waals surface area contributed by atoms with Gasteiger partial charge < -0.3 is 10.1 Å². The lowest BCUT2D eigenvalue weighted by molar-refractivity contribution is 0.124. The molecule has 1 N–H and O–H groups in total. The summed E-state index contributed by atoms with van der Waals surface area (Å²) in [7, 11) is 0. The van der Waals surface area contributed by atoms with E-state index in [-0.39, 0.29) is 0 Å². The van der Waals surface area contributed by atoms with Gasteiger partial charge in [-0.2, -0.15) is 0 Å². The van der Waals surface area contributed by atoms with Gasteiger partial charge >= 0.3 is 0 Å². The van der Waals surface area contributed by atoms with Crippen LogP contribution < -0.4 is 10.1 Å². The van der Waals surface area contributed by atoms with Gasteiger partial charge in [0.25, 0.3) is 0 Å². The number of benzene rings is 1. The molecule has 2 nitrogen and oxygen atoms in total. The summed E-state index contributed by atoms with van der Waals surface area (Å²) >= 11 is 0. The van der Waals surface area contributed by atoms with E-state index < -0.39 is 0 Å². The van der Waals surface area contributed by atoms with Crippen molar-refractivity contribution in [1.29, 1.82) is 0 Å². The highest BCUT2D eigenvalue weighted by Crippen LogP contribution is 2.49. The summed E-state index contributed by atoms with van der Waals surface area (Å²) in [4.78, 5) is 0. The van der Waals surface area contributed by atoms with E-state index in [9.17, 15) is 0 Å². The molecule has 2 aliphatic rings. The highest BCUT2D eigenvalue weighted by Gasteiger charge is 2.43. The van der Waals surface area contributed by atoms with E-state index in [1.165, 1.54) is 24.8 Å². The first-order chi connectivity index (χ1) is 9.57. The van der Waals surface area contributed by atoms with Crippen LogP contribution in [0.1, 0.15) is 45.6 Å². The molecule has 0 bridgehead atoms. The van der Waals surface area contributed by atoms with Crippen LogP contribution in [0.2, 0.25) is 0 Å². The fraction of sp³-hybridized carbons (Fsp3) is 0.667. The Morgan fingerprint density at radius 1 is 1.30 bits per heavy atom. The van der Waals surface area contributed by atoms with Crippen LogP contribution in [0.4, 0.5) is 0 Å². The third-order valence-electron chi connectivity index (χ3n) is 4.88. The average molecular weight is 273 g/mol. The van der Waals surface area contributed by atoms with E-state index in [1.807, 2.05) is 0 Å². The molecule has 1 saturated carbocycles. The van der Waals surface area contributed by atoms with Crippen LogP contribution in [-0.4, -0.2) is 18.7 Å². The van der Waals surface area contributed by atoms with Gasteiger partial charge in [-0.25, -0.2) is 0 Å². The van der Waals surface area contributed by atoms with Crippen molar-refractivity contribution < 1.29 is 4.74 Å². The molecule has 110 valence electrons. The van der Waals surface area contributed by atoms with E-state index in [1.54, 1.807) is 0 Å². The van der Waals surface area contributed by atoms with Gasteiger partial charge in [0.1, 0.15) is 11.9 Å². The van der Waals surface area contributed by atoms with Crippen LogP contribution in [-0.2, 0) is 6.42 Å². The molecule has 0 amide bonds.